The van der Waals surface area contributed by atoms with Gasteiger partial charge in [-0.05, 0) is 49.2 Å². The van der Waals surface area contributed by atoms with Crippen molar-refractivity contribution in [3.8, 4) is 17.1 Å². The molecule has 2 aromatic heterocycles. The minimum Gasteiger partial charge on any atom is -0.497 e. The summed E-state index contributed by atoms with van der Waals surface area (Å²) in [7, 11) is 1.62. The molecule has 1 aromatic carbocycles. The molecule has 0 unspecified atom stereocenters. The molecular formula is C21H23N3O4. The number of aromatic nitrogens is 2. The molecule has 0 spiro atoms. The molecule has 7 nitrogen and oxygen atoms in total. The largest absolute Gasteiger partial charge is 0.497 e. The molecule has 0 N–H and O–H groups in total. The molecular weight excluding hydrogens is 358 g/mol. The van der Waals surface area contributed by atoms with E-state index in [4.69, 9.17) is 13.7 Å². The first kappa shape index (κ1) is 18.3. The minimum atomic E-state index is -0.138. The fraction of sp³-hybridized carbons (Fsp3) is 0.381. The molecule has 1 aliphatic rings. The Morgan fingerprint density at radius 2 is 1.96 bits per heavy atom. The molecule has 1 aliphatic carbocycles. The van der Waals surface area contributed by atoms with Crippen molar-refractivity contribution in [2.45, 2.75) is 44.7 Å². The van der Waals surface area contributed by atoms with Crippen molar-refractivity contribution in [1.82, 2.24) is 15.0 Å². The van der Waals surface area contributed by atoms with Crippen LogP contribution in [0, 0.1) is 0 Å². The van der Waals surface area contributed by atoms with Crippen LogP contribution in [-0.4, -0.2) is 34.1 Å². The van der Waals surface area contributed by atoms with E-state index in [0.717, 1.165) is 37.0 Å². The van der Waals surface area contributed by atoms with Gasteiger partial charge in [0.1, 0.15) is 12.3 Å². The van der Waals surface area contributed by atoms with Crippen molar-refractivity contribution < 1.29 is 18.5 Å². The molecule has 28 heavy (non-hydrogen) atoms. The minimum absolute atomic E-state index is 0.138. The highest BCUT2D eigenvalue weighted by atomic mass is 16.5. The number of furan rings is 1. The van der Waals surface area contributed by atoms with Crippen LogP contribution >= 0.6 is 0 Å². The summed E-state index contributed by atoms with van der Waals surface area (Å²) in [4.78, 5) is 19.3. The number of hydrogen-bond donors (Lipinski definition) is 0. The van der Waals surface area contributed by atoms with Gasteiger partial charge in [-0.15, -0.1) is 0 Å². The lowest BCUT2D eigenvalue weighted by molar-refractivity contribution is 0.0554. The Bertz CT molecular complexity index is 896. The third-order valence-electron chi connectivity index (χ3n) is 5.13. The number of benzene rings is 1. The SMILES string of the molecule is COc1ccc(-c2noc(CN(C(=O)c3ccco3)C3CCCCC3)n2)cc1. The second kappa shape index (κ2) is 8.29. The van der Waals surface area contributed by atoms with Crippen LogP contribution in [0.4, 0.5) is 0 Å². The Morgan fingerprint density at radius 1 is 1.18 bits per heavy atom. The van der Waals surface area contributed by atoms with E-state index in [1.54, 1.807) is 19.2 Å². The number of carbonyl (C=O) groups excluding carboxylic acids is 1. The van der Waals surface area contributed by atoms with Crippen LogP contribution in [0.3, 0.4) is 0 Å². The molecule has 2 heterocycles. The molecule has 0 saturated heterocycles. The molecule has 1 amide bonds. The first-order valence-electron chi connectivity index (χ1n) is 9.56. The first-order valence-corrected chi connectivity index (χ1v) is 9.56. The van der Waals surface area contributed by atoms with E-state index in [2.05, 4.69) is 10.1 Å². The van der Waals surface area contributed by atoms with Gasteiger partial charge < -0.3 is 18.6 Å². The van der Waals surface area contributed by atoms with E-state index in [-0.39, 0.29) is 18.5 Å². The maximum absolute atomic E-state index is 13.0. The van der Waals surface area contributed by atoms with Crippen LogP contribution in [0.2, 0.25) is 0 Å². The summed E-state index contributed by atoms with van der Waals surface area (Å²) in [6.07, 6.45) is 6.92. The van der Waals surface area contributed by atoms with Crippen LogP contribution in [0.5, 0.6) is 5.75 Å². The van der Waals surface area contributed by atoms with Crippen molar-refractivity contribution >= 4 is 5.91 Å². The van der Waals surface area contributed by atoms with Crippen molar-refractivity contribution in [1.29, 1.82) is 0 Å². The predicted octanol–water partition coefficient (Wildman–Crippen LogP) is 4.31. The summed E-state index contributed by atoms with van der Waals surface area (Å²) in [5, 5.41) is 4.07. The summed E-state index contributed by atoms with van der Waals surface area (Å²) in [5.41, 5.74) is 0.831. The van der Waals surface area contributed by atoms with Crippen LogP contribution in [0.25, 0.3) is 11.4 Å². The highest BCUT2D eigenvalue weighted by Crippen LogP contribution is 2.26. The second-order valence-electron chi connectivity index (χ2n) is 6.94. The van der Waals surface area contributed by atoms with E-state index in [1.165, 1.54) is 12.7 Å². The highest BCUT2D eigenvalue weighted by Gasteiger charge is 2.29. The van der Waals surface area contributed by atoms with Crippen LogP contribution in [0.1, 0.15) is 48.5 Å². The highest BCUT2D eigenvalue weighted by molar-refractivity contribution is 5.91. The molecule has 146 valence electrons. The zero-order valence-corrected chi connectivity index (χ0v) is 15.8. The normalized spacial score (nSPS) is 14.8. The topological polar surface area (TPSA) is 81.6 Å². The Labute approximate surface area is 163 Å². The van der Waals surface area contributed by atoms with Gasteiger partial charge in [0.15, 0.2) is 5.76 Å². The van der Waals surface area contributed by atoms with Gasteiger partial charge in [0, 0.05) is 11.6 Å². The van der Waals surface area contributed by atoms with Gasteiger partial charge in [-0.3, -0.25) is 4.79 Å². The van der Waals surface area contributed by atoms with Gasteiger partial charge in [0.25, 0.3) is 5.91 Å². The molecule has 1 saturated carbocycles. The summed E-state index contributed by atoms with van der Waals surface area (Å²) in [6, 6.07) is 11.0. The average molecular weight is 381 g/mol. The van der Waals surface area contributed by atoms with Gasteiger partial charge in [-0.25, -0.2) is 0 Å². The molecule has 0 aliphatic heterocycles. The average Bonchev–Trinajstić information content (AvgIpc) is 3.45. The van der Waals surface area contributed by atoms with Crippen LogP contribution < -0.4 is 4.74 Å². The monoisotopic (exact) mass is 381 g/mol. The van der Waals surface area contributed by atoms with E-state index in [0.29, 0.717) is 17.5 Å². The molecule has 3 aromatic rings. The maximum atomic E-state index is 13.0. The fourth-order valence-electron chi connectivity index (χ4n) is 3.62. The van der Waals surface area contributed by atoms with E-state index >= 15 is 0 Å². The number of hydrogen-bond acceptors (Lipinski definition) is 6. The van der Waals surface area contributed by atoms with Crippen molar-refractivity contribution in [3.63, 3.8) is 0 Å². The molecule has 1 fully saturated rings. The number of methoxy groups -OCH3 is 1. The third kappa shape index (κ3) is 3.93. The van der Waals surface area contributed by atoms with Gasteiger partial charge >= 0.3 is 0 Å². The maximum Gasteiger partial charge on any atom is 0.290 e. The zero-order valence-electron chi connectivity index (χ0n) is 15.8. The summed E-state index contributed by atoms with van der Waals surface area (Å²) >= 11 is 0. The van der Waals surface area contributed by atoms with Crippen LogP contribution in [-0.2, 0) is 6.54 Å². The number of rotatable bonds is 6. The van der Waals surface area contributed by atoms with E-state index < -0.39 is 0 Å². The van der Waals surface area contributed by atoms with Gasteiger partial charge in [-0.1, -0.05) is 24.4 Å². The Kier molecular flexibility index (Phi) is 5.41. The van der Waals surface area contributed by atoms with Gasteiger partial charge in [0.05, 0.1) is 13.4 Å². The summed E-state index contributed by atoms with van der Waals surface area (Å²) < 4.78 is 16.0. The molecule has 0 radical (unpaired) electrons. The first-order chi connectivity index (χ1) is 13.7. The third-order valence-corrected chi connectivity index (χ3v) is 5.13. The Balaban J connectivity index is 1.54. The molecule has 7 heteroatoms. The molecule has 0 bridgehead atoms. The summed E-state index contributed by atoms with van der Waals surface area (Å²) in [6.45, 7) is 0.271. The van der Waals surface area contributed by atoms with E-state index in [9.17, 15) is 4.79 Å². The Hall–Kier alpha value is -3.09. The molecule has 4 rings (SSSR count). The van der Waals surface area contributed by atoms with Crippen LogP contribution in [0.15, 0.2) is 51.6 Å². The number of ether oxygens (including phenoxy) is 1. The Morgan fingerprint density at radius 3 is 2.64 bits per heavy atom. The summed E-state index contributed by atoms with van der Waals surface area (Å²) in [5.74, 6) is 1.87. The quantitative estimate of drug-likeness (QED) is 0.633. The zero-order chi connectivity index (χ0) is 19.3. The van der Waals surface area contributed by atoms with E-state index in [1.807, 2.05) is 29.2 Å². The lowest BCUT2D eigenvalue weighted by atomic mass is 9.94. The predicted molar refractivity (Wildman–Crippen MR) is 102 cm³/mol. The second-order valence-corrected chi connectivity index (χ2v) is 6.94. The lowest BCUT2D eigenvalue weighted by Crippen LogP contribution is -2.40. The number of nitrogens with zero attached hydrogens (tertiary/aromatic N) is 3. The van der Waals surface area contributed by atoms with Crippen molar-refractivity contribution in [3.05, 3.63) is 54.3 Å². The smallest absolute Gasteiger partial charge is 0.290 e. The lowest BCUT2D eigenvalue weighted by Gasteiger charge is -2.32. The molecule has 0 atom stereocenters. The van der Waals surface area contributed by atoms with Gasteiger partial charge in [-0.2, -0.15) is 4.98 Å². The number of amides is 1. The fourth-order valence-corrected chi connectivity index (χ4v) is 3.62. The number of carbonyl (C=O) groups is 1. The van der Waals surface area contributed by atoms with Crippen molar-refractivity contribution in [2.75, 3.05) is 7.11 Å². The van der Waals surface area contributed by atoms with Gasteiger partial charge in [0.2, 0.25) is 11.7 Å². The standard InChI is InChI=1S/C21H23N3O4/c1-26-17-11-9-15(10-12-17)20-22-19(28-23-20)14-24(16-6-3-2-4-7-16)21(25)18-8-5-13-27-18/h5,8-13,16H,2-4,6-7,14H2,1H3. The van der Waals surface area contributed by atoms with Crippen molar-refractivity contribution in [2.24, 2.45) is 0 Å².